The first-order valence-corrected chi connectivity index (χ1v) is 9.49. The molecule has 120 valence electrons. The van der Waals surface area contributed by atoms with Gasteiger partial charge in [-0.3, -0.25) is 4.79 Å². The van der Waals surface area contributed by atoms with Crippen LogP contribution < -0.4 is 0 Å². The van der Waals surface area contributed by atoms with E-state index in [0.717, 1.165) is 38.5 Å². The quantitative estimate of drug-likeness (QED) is 0.722. The average Bonchev–Trinajstić information content (AvgIpc) is 3.27. The Bertz CT molecular complexity index is 498. The van der Waals surface area contributed by atoms with E-state index in [1.165, 1.54) is 23.3 Å². The number of likely N-dealkylation sites (tertiary alicyclic amines) is 1. The maximum atomic E-state index is 12.3. The fourth-order valence-electron chi connectivity index (χ4n) is 2.85. The van der Waals surface area contributed by atoms with Crippen molar-refractivity contribution in [1.29, 1.82) is 0 Å². The Balaban J connectivity index is 1.39. The van der Waals surface area contributed by atoms with Crippen LogP contribution >= 0.6 is 11.8 Å². The van der Waals surface area contributed by atoms with Crippen molar-refractivity contribution in [3.8, 4) is 0 Å². The average molecular weight is 319 g/mol. The molecular formula is C18H25NO2S. The SMILES string of the molecule is CSc1ccc(CCC(=O)N2CCC(OCC3CC3)C2)cc1. The molecule has 2 aliphatic rings. The molecule has 0 bridgehead atoms. The van der Waals surface area contributed by atoms with E-state index in [1.807, 2.05) is 4.90 Å². The second-order valence-electron chi connectivity index (χ2n) is 6.38. The number of nitrogens with zero attached hydrogens (tertiary/aromatic N) is 1. The molecule has 1 atom stereocenters. The molecule has 0 aromatic heterocycles. The van der Waals surface area contributed by atoms with Crippen molar-refractivity contribution in [3.63, 3.8) is 0 Å². The number of ether oxygens (including phenoxy) is 1. The largest absolute Gasteiger partial charge is 0.376 e. The van der Waals surface area contributed by atoms with E-state index < -0.39 is 0 Å². The lowest BCUT2D eigenvalue weighted by atomic mass is 10.1. The molecule has 1 heterocycles. The molecule has 4 heteroatoms. The van der Waals surface area contributed by atoms with Crippen molar-refractivity contribution >= 4 is 17.7 Å². The Morgan fingerprint density at radius 2 is 2.05 bits per heavy atom. The highest BCUT2D eigenvalue weighted by Gasteiger charge is 2.29. The second kappa shape index (κ2) is 7.51. The number of carbonyl (C=O) groups is 1. The van der Waals surface area contributed by atoms with E-state index in [1.54, 1.807) is 11.8 Å². The van der Waals surface area contributed by atoms with Gasteiger partial charge in [0.15, 0.2) is 0 Å². The maximum absolute atomic E-state index is 12.3. The van der Waals surface area contributed by atoms with Gasteiger partial charge >= 0.3 is 0 Å². The summed E-state index contributed by atoms with van der Waals surface area (Å²) >= 11 is 1.74. The monoisotopic (exact) mass is 319 g/mol. The lowest BCUT2D eigenvalue weighted by Crippen LogP contribution is -2.30. The highest BCUT2D eigenvalue weighted by molar-refractivity contribution is 7.98. The summed E-state index contributed by atoms with van der Waals surface area (Å²) in [7, 11) is 0. The van der Waals surface area contributed by atoms with Gasteiger partial charge in [0.05, 0.1) is 6.10 Å². The number of amides is 1. The van der Waals surface area contributed by atoms with Crippen LogP contribution in [0.3, 0.4) is 0 Å². The lowest BCUT2D eigenvalue weighted by Gasteiger charge is -2.17. The van der Waals surface area contributed by atoms with Crippen LogP contribution in [0.4, 0.5) is 0 Å². The van der Waals surface area contributed by atoms with Gasteiger partial charge in [-0.15, -0.1) is 11.8 Å². The molecule has 0 radical (unpaired) electrons. The number of rotatable bonds is 7. The summed E-state index contributed by atoms with van der Waals surface area (Å²) in [5, 5.41) is 0. The van der Waals surface area contributed by atoms with E-state index in [2.05, 4.69) is 30.5 Å². The van der Waals surface area contributed by atoms with Crippen molar-refractivity contribution in [2.24, 2.45) is 5.92 Å². The Morgan fingerprint density at radius 3 is 2.73 bits per heavy atom. The van der Waals surface area contributed by atoms with E-state index in [-0.39, 0.29) is 12.0 Å². The molecule has 3 rings (SSSR count). The van der Waals surface area contributed by atoms with Crippen LogP contribution in [-0.4, -0.2) is 42.9 Å². The van der Waals surface area contributed by atoms with Crippen molar-refractivity contribution in [1.82, 2.24) is 4.90 Å². The first-order valence-electron chi connectivity index (χ1n) is 8.27. The van der Waals surface area contributed by atoms with Crippen LogP contribution in [0.5, 0.6) is 0 Å². The van der Waals surface area contributed by atoms with E-state index in [0.29, 0.717) is 6.42 Å². The summed E-state index contributed by atoms with van der Waals surface area (Å²) in [6.07, 6.45) is 7.43. The molecule has 1 aromatic rings. The van der Waals surface area contributed by atoms with Crippen molar-refractivity contribution in [2.75, 3.05) is 26.0 Å². The number of hydrogen-bond acceptors (Lipinski definition) is 3. The minimum Gasteiger partial charge on any atom is -0.376 e. The van der Waals surface area contributed by atoms with Crippen molar-refractivity contribution < 1.29 is 9.53 Å². The van der Waals surface area contributed by atoms with Gasteiger partial charge < -0.3 is 9.64 Å². The molecule has 1 aliphatic heterocycles. The number of aryl methyl sites for hydroxylation is 1. The van der Waals surface area contributed by atoms with Gasteiger partial charge in [-0.05, 0) is 55.6 Å². The molecule has 0 N–H and O–H groups in total. The first kappa shape index (κ1) is 15.9. The standard InChI is InChI=1S/C18H25NO2S/c1-22-17-7-4-14(5-8-17)6-9-18(20)19-11-10-16(12-19)21-13-15-2-3-15/h4-5,7-8,15-16H,2-3,6,9-13H2,1H3. The zero-order valence-corrected chi connectivity index (χ0v) is 14.1. The zero-order chi connectivity index (χ0) is 15.4. The minimum atomic E-state index is 0.269. The van der Waals surface area contributed by atoms with Crippen LogP contribution in [-0.2, 0) is 16.0 Å². The normalized spacial score (nSPS) is 21.3. The molecule has 0 spiro atoms. The topological polar surface area (TPSA) is 29.5 Å². The van der Waals surface area contributed by atoms with Gasteiger partial charge in [-0.2, -0.15) is 0 Å². The lowest BCUT2D eigenvalue weighted by molar-refractivity contribution is -0.130. The predicted molar refractivity (Wildman–Crippen MR) is 90.2 cm³/mol. The summed E-state index contributed by atoms with van der Waals surface area (Å²) in [4.78, 5) is 15.6. The highest BCUT2D eigenvalue weighted by Crippen LogP contribution is 2.30. The molecule has 2 fully saturated rings. The van der Waals surface area contributed by atoms with Gasteiger partial charge in [-0.1, -0.05) is 12.1 Å². The molecule has 3 nitrogen and oxygen atoms in total. The van der Waals surface area contributed by atoms with Gasteiger partial charge in [0, 0.05) is 31.0 Å². The Hall–Kier alpha value is -1.00. The van der Waals surface area contributed by atoms with Gasteiger partial charge in [0.2, 0.25) is 5.91 Å². The smallest absolute Gasteiger partial charge is 0.222 e. The van der Waals surface area contributed by atoms with Gasteiger partial charge in [-0.25, -0.2) is 0 Å². The molecule has 1 unspecified atom stereocenters. The third kappa shape index (κ3) is 4.50. The summed E-state index contributed by atoms with van der Waals surface area (Å²) in [6, 6.07) is 8.51. The maximum Gasteiger partial charge on any atom is 0.222 e. The number of carbonyl (C=O) groups excluding carboxylic acids is 1. The number of hydrogen-bond donors (Lipinski definition) is 0. The Morgan fingerprint density at radius 1 is 1.27 bits per heavy atom. The summed E-state index contributed by atoms with van der Waals surface area (Å²) in [5.41, 5.74) is 1.24. The second-order valence-corrected chi connectivity index (χ2v) is 7.25. The molecule has 1 saturated carbocycles. The van der Waals surface area contributed by atoms with E-state index >= 15 is 0 Å². The van der Waals surface area contributed by atoms with Gasteiger partial charge in [0.1, 0.15) is 0 Å². The molecule has 1 saturated heterocycles. The summed E-state index contributed by atoms with van der Waals surface area (Å²) in [6.45, 7) is 2.55. The molecule has 1 amide bonds. The third-order valence-corrected chi connectivity index (χ3v) is 5.29. The molecule has 1 aliphatic carbocycles. The minimum absolute atomic E-state index is 0.269. The fourth-order valence-corrected chi connectivity index (χ4v) is 3.26. The summed E-state index contributed by atoms with van der Waals surface area (Å²) < 4.78 is 5.90. The van der Waals surface area contributed by atoms with Crippen LogP contribution in [0.15, 0.2) is 29.2 Å². The van der Waals surface area contributed by atoms with Crippen LogP contribution in [0.25, 0.3) is 0 Å². The van der Waals surface area contributed by atoms with Crippen LogP contribution in [0.1, 0.15) is 31.2 Å². The van der Waals surface area contributed by atoms with E-state index in [9.17, 15) is 4.79 Å². The van der Waals surface area contributed by atoms with Crippen molar-refractivity contribution in [2.45, 2.75) is 43.1 Å². The zero-order valence-electron chi connectivity index (χ0n) is 13.3. The molecule has 1 aromatic carbocycles. The highest BCUT2D eigenvalue weighted by atomic mass is 32.2. The fraction of sp³-hybridized carbons (Fsp3) is 0.611. The predicted octanol–water partition coefficient (Wildman–Crippen LogP) is 3.37. The number of thioether (sulfide) groups is 1. The van der Waals surface area contributed by atoms with E-state index in [4.69, 9.17) is 4.74 Å². The van der Waals surface area contributed by atoms with Crippen molar-refractivity contribution in [3.05, 3.63) is 29.8 Å². The Labute approximate surface area is 137 Å². The Kier molecular flexibility index (Phi) is 5.42. The molecule has 22 heavy (non-hydrogen) atoms. The van der Waals surface area contributed by atoms with Crippen LogP contribution in [0.2, 0.25) is 0 Å². The van der Waals surface area contributed by atoms with Crippen LogP contribution in [0, 0.1) is 5.92 Å². The molecular weight excluding hydrogens is 294 g/mol. The first-order chi connectivity index (χ1) is 10.7. The van der Waals surface area contributed by atoms with Gasteiger partial charge in [0.25, 0.3) is 0 Å². The summed E-state index contributed by atoms with van der Waals surface area (Å²) in [5.74, 6) is 1.07. The third-order valence-electron chi connectivity index (χ3n) is 4.55. The number of benzene rings is 1.